The van der Waals surface area contributed by atoms with Gasteiger partial charge in [0.1, 0.15) is 0 Å². The highest BCUT2D eigenvalue weighted by Gasteiger charge is 1.91. The first-order valence-corrected chi connectivity index (χ1v) is 3.72. The topological polar surface area (TPSA) is 38.3 Å². The lowest BCUT2D eigenvalue weighted by Gasteiger charge is -1.99. The fraction of sp³-hybridized carbons (Fsp3) is 0.500. The molecule has 9 heavy (non-hydrogen) atoms. The number of hydrogen-bond donors (Lipinski definition) is 1. The smallest absolute Gasteiger partial charge is 0.320 e. The Bertz CT molecular complexity index is 107. The van der Waals surface area contributed by atoms with E-state index in [1.807, 2.05) is 6.92 Å². The number of rotatable bonds is 3. The van der Waals surface area contributed by atoms with Crippen molar-refractivity contribution in [2.24, 2.45) is 0 Å². The van der Waals surface area contributed by atoms with Gasteiger partial charge in [-0.3, -0.25) is 4.79 Å². The molecule has 3 nitrogen and oxygen atoms in total. The van der Waals surface area contributed by atoms with Crippen molar-refractivity contribution in [3.8, 4) is 0 Å². The van der Waals surface area contributed by atoms with Crippen LogP contribution in [0.1, 0.15) is 6.92 Å². The molecule has 0 atom stereocenters. The Hall–Kier alpha value is -0.290. The standard InChI is InChI=1S/C4H7NO2S2/c1-2-9-4(8)5-7-3-6/h3H,2H2,1H3,(H,5,8). The van der Waals surface area contributed by atoms with Crippen LogP contribution in [-0.2, 0) is 9.63 Å². The average Bonchev–Trinajstić information content (AvgIpc) is 1.85. The summed E-state index contributed by atoms with van der Waals surface area (Å²) in [5, 5.41) is 0. The maximum Gasteiger partial charge on any atom is 0.320 e. The summed E-state index contributed by atoms with van der Waals surface area (Å²) in [6.45, 7) is 2.25. The minimum atomic E-state index is 0.294. The molecule has 52 valence electrons. The van der Waals surface area contributed by atoms with Gasteiger partial charge in [0.25, 0.3) is 0 Å². The van der Waals surface area contributed by atoms with Crippen molar-refractivity contribution in [2.45, 2.75) is 6.92 Å². The zero-order valence-corrected chi connectivity index (χ0v) is 6.55. The molecule has 0 aromatic rings. The number of carbonyl (C=O) groups is 1. The van der Waals surface area contributed by atoms with Crippen molar-refractivity contribution in [3.63, 3.8) is 0 Å². The number of thioether (sulfide) groups is 1. The summed E-state index contributed by atoms with van der Waals surface area (Å²) in [5.41, 5.74) is 2.26. The Morgan fingerprint density at radius 1 is 2.00 bits per heavy atom. The van der Waals surface area contributed by atoms with Gasteiger partial charge < -0.3 is 4.84 Å². The maximum absolute atomic E-state index is 9.56. The molecule has 0 bridgehead atoms. The van der Waals surface area contributed by atoms with E-state index in [2.05, 4.69) is 22.5 Å². The monoisotopic (exact) mass is 165 g/mol. The van der Waals surface area contributed by atoms with Gasteiger partial charge in [0.2, 0.25) is 0 Å². The van der Waals surface area contributed by atoms with Gasteiger partial charge in [0, 0.05) is 0 Å². The second-order valence-corrected chi connectivity index (χ2v) is 2.98. The van der Waals surface area contributed by atoms with Gasteiger partial charge in [-0.1, -0.05) is 18.7 Å². The molecule has 0 saturated carbocycles. The summed E-state index contributed by atoms with van der Waals surface area (Å²) < 4.78 is 0.476. The number of carbonyl (C=O) groups excluding carboxylic acids is 1. The normalized spacial score (nSPS) is 8.11. The summed E-state index contributed by atoms with van der Waals surface area (Å²) >= 11 is 6.09. The molecular weight excluding hydrogens is 158 g/mol. The molecule has 0 rings (SSSR count). The Morgan fingerprint density at radius 3 is 3.11 bits per heavy atom. The van der Waals surface area contributed by atoms with Gasteiger partial charge in [0.15, 0.2) is 4.32 Å². The average molecular weight is 165 g/mol. The van der Waals surface area contributed by atoms with Crippen LogP contribution < -0.4 is 5.48 Å². The van der Waals surface area contributed by atoms with Crippen LogP contribution in [0.4, 0.5) is 0 Å². The van der Waals surface area contributed by atoms with E-state index in [4.69, 9.17) is 0 Å². The zero-order chi connectivity index (χ0) is 7.11. The molecule has 5 heteroatoms. The quantitative estimate of drug-likeness (QED) is 0.378. The molecule has 0 aromatic heterocycles. The van der Waals surface area contributed by atoms with Crippen molar-refractivity contribution in [1.29, 1.82) is 0 Å². The van der Waals surface area contributed by atoms with Crippen LogP contribution in [0.2, 0.25) is 0 Å². The highest BCUT2D eigenvalue weighted by molar-refractivity contribution is 8.22. The number of hydroxylamine groups is 1. The van der Waals surface area contributed by atoms with Crippen molar-refractivity contribution in [2.75, 3.05) is 5.75 Å². The van der Waals surface area contributed by atoms with E-state index < -0.39 is 0 Å². The van der Waals surface area contributed by atoms with Gasteiger partial charge >= 0.3 is 6.47 Å². The molecule has 0 aliphatic rings. The van der Waals surface area contributed by atoms with E-state index >= 15 is 0 Å². The predicted molar refractivity (Wildman–Crippen MR) is 41.0 cm³/mol. The molecule has 0 radical (unpaired) electrons. The van der Waals surface area contributed by atoms with Crippen molar-refractivity contribution in [3.05, 3.63) is 0 Å². The summed E-state index contributed by atoms with van der Waals surface area (Å²) in [6, 6.07) is 0. The third-order valence-electron chi connectivity index (χ3n) is 0.466. The van der Waals surface area contributed by atoms with Crippen LogP contribution in [0, 0.1) is 0 Å². The zero-order valence-electron chi connectivity index (χ0n) is 4.92. The summed E-state index contributed by atoms with van der Waals surface area (Å²) in [4.78, 5) is 13.7. The second kappa shape index (κ2) is 5.84. The van der Waals surface area contributed by atoms with Crippen LogP contribution >= 0.6 is 24.0 Å². The van der Waals surface area contributed by atoms with E-state index in [1.165, 1.54) is 11.8 Å². The van der Waals surface area contributed by atoms with Crippen molar-refractivity contribution in [1.82, 2.24) is 5.48 Å². The molecule has 0 unspecified atom stereocenters. The molecule has 0 saturated heterocycles. The molecule has 0 spiro atoms. The number of nitrogens with one attached hydrogen (secondary N) is 1. The predicted octanol–water partition coefficient (Wildman–Crippen LogP) is 0.702. The number of thiocarbonyl (C=S) groups is 1. The molecule has 0 heterocycles. The largest absolute Gasteiger partial charge is 0.346 e. The van der Waals surface area contributed by atoms with Gasteiger partial charge in [-0.2, -0.15) is 0 Å². The number of hydrogen-bond acceptors (Lipinski definition) is 4. The molecule has 1 N–H and O–H groups in total. The van der Waals surface area contributed by atoms with E-state index in [0.717, 1.165) is 5.75 Å². The van der Waals surface area contributed by atoms with Gasteiger partial charge in [0.05, 0.1) is 0 Å². The highest BCUT2D eigenvalue weighted by Crippen LogP contribution is 1.98. The Labute approximate surface area is 63.1 Å². The lowest BCUT2D eigenvalue weighted by molar-refractivity contribution is -0.132. The molecule has 0 aromatic carbocycles. The Kier molecular flexibility index (Phi) is 5.65. The first-order valence-electron chi connectivity index (χ1n) is 2.33. The fourth-order valence-corrected chi connectivity index (χ4v) is 1.00. The molecule has 0 fully saturated rings. The molecule has 0 amide bonds. The third-order valence-corrected chi connectivity index (χ3v) is 1.54. The van der Waals surface area contributed by atoms with E-state index in [9.17, 15) is 4.79 Å². The minimum Gasteiger partial charge on any atom is -0.346 e. The van der Waals surface area contributed by atoms with Crippen LogP contribution in [0.25, 0.3) is 0 Å². The lowest BCUT2D eigenvalue weighted by atomic mass is 11.0. The third kappa shape index (κ3) is 5.58. The van der Waals surface area contributed by atoms with Crippen LogP contribution in [-0.4, -0.2) is 16.5 Å². The van der Waals surface area contributed by atoms with Crippen LogP contribution in [0.3, 0.4) is 0 Å². The molecule has 0 aliphatic carbocycles. The minimum absolute atomic E-state index is 0.294. The van der Waals surface area contributed by atoms with E-state index in [0.29, 0.717) is 10.8 Å². The Morgan fingerprint density at radius 2 is 2.67 bits per heavy atom. The second-order valence-electron chi connectivity index (χ2n) is 1.04. The van der Waals surface area contributed by atoms with Crippen molar-refractivity contribution < 1.29 is 9.63 Å². The first-order chi connectivity index (χ1) is 4.31. The lowest BCUT2D eigenvalue weighted by Crippen LogP contribution is -2.17. The highest BCUT2D eigenvalue weighted by atomic mass is 32.2. The van der Waals surface area contributed by atoms with E-state index in [1.54, 1.807) is 0 Å². The Balaban J connectivity index is 3.16. The SMILES string of the molecule is CCSC(=S)NOC=O. The maximum atomic E-state index is 9.56. The van der Waals surface area contributed by atoms with Crippen molar-refractivity contribution >= 4 is 34.8 Å². The molecular formula is C4H7NO2S2. The van der Waals surface area contributed by atoms with Gasteiger partial charge in [-0.25, -0.2) is 5.48 Å². The van der Waals surface area contributed by atoms with E-state index in [-0.39, 0.29) is 0 Å². The van der Waals surface area contributed by atoms with Crippen LogP contribution in [0.15, 0.2) is 0 Å². The van der Waals surface area contributed by atoms with Crippen LogP contribution in [0.5, 0.6) is 0 Å². The first kappa shape index (κ1) is 8.71. The molecule has 0 aliphatic heterocycles. The summed E-state index contributed by atoms with van der Waals surface area (Å²) in [7, 11) is 0. The summed E-state index contributed by atoms with van der Waals surface area (Å²) in [5.74, 6) is 0.869. The van der Waals surface area contributed by atoms with Gasteiger partial charge in [-0.15, -0.1) is 0 Å². The fourth-order valence-electron chi connectivity index (χ4n) is 0.233. The van der Waals surface area contributed by atoms with Gasteiger partial charge in [-0.05, 0) is 18.0 Å². The summed E-state index contributed by atoms with van der Waals surface area (Å²) in [6.07, 6.45) is 0.